The van der Waals surface area contributed by atoms with Crippen molar-refractivity contribution in [2.75, 3.05) is 0 Å². The van der Waals surface area contributed by atoms with Gasteiger partial charge >= 0.3 is 0 Å². The molecule has 0 radical (unpaired) electrons. The van der Waals surface area contributed by atoms with Crippen LogP contribution >= 0.6 is 0 Å². The van der Waals surface area contributed by atoms with E-state index < -0.39 is 0 Å². The Hall–Kier alpha value is -0.590. The number of allylic oxidation sites excluding steroid dienone is 2. The van der Waals surface area contributed by atoms with E-state index in [1.165, 1.54) is 6.42 Å². The Labute approximate surface area is 74.9 Å². The standard InChI is InChI=1S/C11H18O/c1-3-4-5-10-8-9(2)6-7-11(10)12/h8-9H,3-7H2,1-2H3. The predicted octanol–water partition coefficient (Wildman–Crippen LogP) is 3.10. The van der Waals surface area contributed by atoms with Crippen LogP contribution in [0.25, 0.3) is 0 Å². The van der Waals surface area contributed by atoms with Crippen LogP contribution in [0.3, 0.4) is 0 Å². The fraction of sp³-hybridized carbons (Fsp3) is 0.727. The molecule has 1 heteroatoms. The van der Waals surface area contributed by atoms with Gasteiger partial charge in [0.25, 0.3) is 0 Å². The van der Waals surface area contributed by atoms with Crippen LogP contribution in [0.4, 0.5) is 0 Å². The third-order valence-electron chi connectivity index (χ3n) is 2.47. The molecular weight excluding hydrogens is 148 g/mol. The molecule has 0 fully saturated rings. The Bertz CT molecular complexity index is 191. The lowest BCUT2D eigenvalue weighted by molar-refractivity contribution is -0.116. The van der Waals surface area contributed by atoms with Crippen molar-refractivity contribution in [1.29, 1.82) is 0 Å². The van der Waals surface area contributed by atoms with Crippen molar-refractivity contribution < 1.29 is 4.79 Å². The molecule has 0 amide bonds. The zero-order valence-corrected chi connectivity index (χ0v) is 8.10. The van der Waals surface area contributed by atoms with E-state index in [1.54, 1.807) is 0 Å². The lowest BCUT2D eigenvalue weighted by atomic mass is 9.88. The maximum absolute atomic E-state index is 11.4. The van der Waals surface area contributed by atoms with Crippen molar-refractivity contribution in [3.8, 4) is 0 Å². The fourth-order valence-electron chi connectivity index (χ4n) is 1.63. The van der Waals surface area contributed by atoms with Crippen molar-refractivity contribution in [2.24, 2.45) is 5.92 Å². The van der Waals surface area contributed by atoms with Crippen molar-refractivity contribution in [1.82, 2.24) is 0 Å². The molecule has 0 saturated heterocycles. The van der Waals surface area contributed by atoms with Crippen LogP contribution in [0.15, 0.2) is 11.6 Å². The molecule has 1 aliphatic carbocycles. The van der Waals surface area contributed by atoms with Crippen molar-refractivity contribution in [2.45, 2.75) is 46.0 Å². The number of ketones is 1. The van der Waals surface area contributed by atoms with Gasteiger partial charge in [-0.25, -0.2) is 0 Å². The van der Waals surface area contributed by atoms with Gasteiger partial charge in [-0.05, 0) is 30.8 Å². The minimum absolute atomic E-state index is 0.390. The van der Waals surface area contributed by atoms with Crippen LogP contribution < -0.4 is 0 Å². The van der Waals surface area contributed by atoms with E-state index in [9.17, 15) is 4.79 Å². The molecule has 1 atom stereocenters. The van der Waals surface area contributed by atoms with Gasteiger partial charge in [-0.1, -0.05) is 26.3 Å². The molecule has 0 N–H and O–H groups in total. The van der Waals surface area contributed by atoms with Gasteiger partial charge in [0.05, 0.1) is 0 Å². The van der Waals surface area contributed by atoms with E-state index >= 15 is 0 Å². The van der Waals surface area contributed by atoms with Gasteiger partial charge in [0.1, 0.15) is 0 Å². The van der Waals surface area contributed by atoms with E-state index in [0.717, 1.165) is 31.3 Å². The fourth-order valence-corrected chi connectivity index (χ4v) is 1.63. The molecule has 68 valence electrons. The average Bonchev–Trinajstić information content (AvgIpc) is 2.07. The Morgan fingerprint density at radius 1 is 1.58 bits per heavy atom. The molecule has 12 heavy (non-hydrogen) atoms. The molecule has 0 aromatic carbocycles. The molecule has 0 heterocycles. The van der Waals surface area contributed by atoms with Crippen LogP contribution in [0.5, 0.6) is 0 Å². The molecule has 0 aromatic heterocycles. The zero-order chi connectivity index (χ0) is 8.97. The molecule has 0 saturated carbocycles. The van der Waals surface area contributed by atoms with E-state index in [2.05, 4.69) is 19.9 Å². The summed E-state index contributed by atoms with van der Waals surface area (Å²) in [5.41, 5.74) is 1.09. The first kappa shape index (κ1) is 9.50. The number of hydrogen-bond donors (Lipinski definition) is 0. The van der Waals surface area contributed by atoms with Crippen LogP contribution in [0.1, 0.15) is 46.0 Å². The summed E-state index contributed by atoms with van der Waals surface area (Å²) in [6, 6.07) is 0. The summed E-state index contributed by atoms with van der Waals surface area (Å²) in [7, 11) is 0. The smallest absolute Gasteiger partial charge is 0.158 e. The highest BCUT2D eigenvalue weighted by Gasteiger charge is 2.16. The summed E-state index contributed by atoms with van der Waals surface area (Å²) in [5.74, 6) is 1.01. The topological polar surface area (TPSA) is 17.1 Å². The Morgan fingerprint density at radius 2 is 2.33 bits per heavy atom. The summed E-state index contributed by atoms with van der Waals surface area (Å²) in [6.45, 7) is 4.36. The molecule has 0 spiro atoms. The number of carbonyl (C=O) groups is 1. The van der Waals surface area contributed by atoms with E-state index in [4.69, 9.17) is 0 Å². The van der Waals surface area contributed by atoms with Gasteiger partial charge in [-0.15, -0.1) is 0 Å². The highest BCUT2D eigenvalue weighted by atomic mass is 16.1. The van der Waals surface area contributed by atoms with E-state index in [0.29, 0.717) is 11.7 Å². The quantitative estimate of drug-likeness (QED) is 0.629. The van der Waals surface area contributed by atoms with Gasteiger partial charge in [-0.2, -0.15) is 0 Å². The van der Waals surface area contributed by atoms with Gasteiger partial charge in [0.15, 0.2) is 5.78 Å². The molecule has 1 unspecified atom stereocenters. The second kappa shape index (κ2) is 4.44. The van der Waals surface area contributed by atoms with Gasteiger partial charge in [0, 0.05) is 6.42 Å². The lowest BCUT2D eigenvalue weighted by Crippen LogP contribution is -2.11. The van der Waals surface area contributed by atoms with Crippen molar-refractivity contribution >= 4 is 5.78 Å². The summed E-state index contributed by atoms with van der Waals surface area (Å²) in [6.07, 6.45) is 7.33. The molecule has 0 aromatic rings. The van der Waals surface area contributed by atoms with Crippen LogP contribution in [-0.2, 0) is 4.79 Å². The Balaban J connectivity index is 2.52. The average molecular weight is 166 g/mol. The van der Waals surface area contributed by atoms with Crippen LogP contribution in [-0.4, -0.2) is 5.78 Å². The first-order chi connectivity index (χ1) is 5.74. The monoisotopic (exact) mass is 166 g/mol. The van der Waals surface area contributed by atoms with Gasteiger partial charge in [0.2, 0.25) is 0 Å². The van der Waals surface area contributed by atoms with Crippen molar-refractivity contribution in [3.05, 3.63) is 11.6 Å². The molecular formula is C11H18O. The van der Waals surface area contributed by atoms with Gasteiger partial charge in [-0.3, -0.25) is 4.79 Å². The van der Waals surface area contributed by atoms with Crippen molar-refractivity contribution in [3.63, 3.8) is 0 Å². The summed E-state index contributed by atoms with van der Waals surface area (Å²) in [4.78, 5) is 11.4. The summed E-state index contributed by atoms with van der Waals surface area (Å²) < 4.78 is 0. The number of unbranched alkanes of at least 4 members (excludes halogenated alkanes) is 1. The predicted molar refractivity (Wildman–Crippen MR) is 51.0 cm³/mol. The highest BCUT2D eigenvalue weighted by Crippen LogP contribution is 2.22. The maximum Gasteiger partial charge on any atom is 0.158 e. The largest absolute Gasteiger partial charge is 0.295 e. The summed E-state index contributed by atoms with van der Waals surface area (Å²) in [5, 5.41) is 0. The maximum atomic E-state index is 11.4. The summed E-state index contributed by atoms with van der Waals surface area (Å²) >= 11 is 0. The normalized spacial score (nSPS) is 24.0. The number of hydrogen-bond acceptors (Lipinski definition) is 1. The van der Waals surface area contributed by atoms with Crippen LogP contribution in [0.2, 0.25) is 0 Å². The Kier molecular flexibility index (Phi) is 3.51. The molecule has 0 bridgehead atoms. The zero-order valence-electron chi connectivity index (χ0n) is 8.10. The number of carbonyl (C=O) groups excluding carboxylic acids is 1. The molecule has 1 aliphatic rings. The highest BCUT2D eigenvalue weighted by molar-refractivity contribution is 5.96. The minimum Gasteiger partial charge on any atom is -0.295 e. The first-order valence-corrected chi connectivity index (χ1v) is 4.98. The number of rotatable bonds is 3. The third-order valence-corrected chi connectivity index (χ3v) is 2.47. The SMILES string of the molecule is CCCCC1=CC(C)CCC1=O. The third kappa shape index (κ3) is 2.47. The van der Waals surface area contributed by atoms with E-state index in [-0.39, 0.29) is 0 Å². The van der Waals surface area contributed by atoms with Gasteiger partial charge < -0.3 is 0 Å². The second-order valence-electron chi connectivity index (χ2n) is 3.73. The van der Waals surface area contributed by atoms with Crippen LogP contribution in [0, 0.1) is 5.92 Å². The second-order valence-corrected chi connectivity index (χ2v) is 3.73. The molecule has 0 aliphatic heterocycles. The molecule has 1 rings (SSSR count). The van der Waals surface area contributed by atoms with E-state index in [1.807, 2.05) is 0 Å². The molecule has 1 nitrogen and oxygen atoms in total. The number of Topliss-reactive ketones (excluding diaryl/α,β-unsaturated/α-hetero) is 1. The first-order valence-electron chi connectivity index (χ1n) is 4.98. The Morgan fingerprint density at radius 3 is 3.00 bits per heavy atom. The lowest BCUT2D eigenvalue weighted by Gasteiger charge is -2.16. The minimum atomic E-state index is 0.390.